The van der Waals surface area contributed by atoms with Crippen LogP contribution in [0.4, 0.5) is 17.6 Å². The van der Waals surface area contributed by atoms with E-state index in [0.717, 1.165) is 5.56 Å². The highest BCUT2D eigenvalue weighted by Crippen LogP contribution is 2.19. The third-order valence-electron chi connectivity index (χ3n) is 3.51. The second-order valence-electron chi connectivity index (χ2n) is 5.60. The van der Waals surface area contributed by atoms with Crippen molar-refractivity contribution in [2.24, 2.45) is 4.99 Å². The Labute approximate surface area is 177 Å². The van der Waals surface area contributed by atoms with Crippen LogP contribution in [0.2, 0.25) is 0 Å². The van der Waals surface area contributed by atoms with Gasteiger partial charge in [0.1, 0.15) is 5.82 Å². The van der Waals surface area contributed by atoms with Gasteiger partial charge in [0.2, 0.25) is 5.88 Å². The molecule has 2 N–H and O–H groups in total. The first-order valence-corrected chi connectivity index (χ1v) is 8.20. The molecule has 0 fully saturated rings. The van der Waals surface area contributed by atoms with Crippen LogP contribution in [-0.4, -0.2) is 37.3 Å². The summed E-state index contributed by atoms with van der Waals surface area (Å²) in [5, 5.41) is 6.08. The topological polar surface area (TPSA) is 58.5 Å². The standard InChI is InChI=1S/C18H20F4N4O.HI/c1-23-17(25-10-8-13-4-6-15(19)7-5-13)26-11-14-3-2-9-24-16(14)27-12-18(20,21)22;/h2-7,9H,8,10-12H2,1H3,(H2,23,25,26);1H. The lowest BCUT2D eigenvalue weighted by Gasteiger charge is -2.14. The van der Waals surface area contributed by atoms with Crippen molar-refractivity contribution in [3.05, 3.63) is 59.5 Å². The van der Waals surface area contributed by atoms with Crippen molar-refractivity contribution in [1.29, 1.82) is 0 Å². The Morgan fingerprint density at radius 3 is 2.50 bits per heavy atom. The predicted octanol–water partition coefficient (Wildman–Crippen LogP) is 3.69. The molecule has 0 unspecified atom stereocenters. The van der Waals surface area contributed by atoms with E-state index in [1.165, 1.54) is 18.3 Å². The molecule has 1 aromatic heterocycles. The summed E-state index contributed by atoms with van der Waals surface area (Å²) in [4.78, 5) is 7.90. The van der Waals surface area contributed by atoms with Crippen molar-refractivity contribution in [3.63, 3.8) is 0 Å². The van der Waals surface area contributed by atoms with E-state index in [1.807, 2.05) is 0 Å². The minimum Gasteiger partial charge on any atom is -0.468 e. The molecule has 154 valence electrons. The Morgan fingerprint density at radius 1 is 1.14 bits per heavy atom. The zero-order valence-corrected chi connectivity index (χ0v) is 17.4. The number of aromatic nitrogens is 1. The van der Waals surface area contributed by atoms with E-state index in [1.54, 1.807) is 31.3 Å². The molecule has 2 aromatic rings. The molecule has 0 amide bonds. The zero-order valence-electron chi connectivity index (χ0n) is 15.1. The highest BCUT2D eigenvalue weighted by molar-refractivity contribution is 14.0. The number of halogens is 5. The van der Waals surface area contributed by atoms with E-state index in [9.17, 15) is 17.6 Å². The van der Waals surface area contributed by atoms with E-state index in [2.05, 4.69) is 20.6 Å². The molecule has 0 aliphatic carbocycles. The maximum Gasteiger partial charge on any atom is 0.422 e. The van der Waals surface area contributed by atoms with E-state index in [4.69, 9.17) is 4.74 Å². The molecule has 0 atom stereocenters. The first-order valence-electron chi connectivity index (χ1n) is 8.20. The number of aliphatic imine (C=N–C) groups is 1. The number of pyridine rings is 1. The number of benzene rings is 1. The van der Waals surface area contributed by atoms with Crippen LogP contribution >= 0.6 is 24.0 Å². The molecule has 0 radical (unpaired) electrons. The number of hydrogen-bond donors (Lipinski definition) is 2. The van der Waals surface area contributed by atoms with Gasteiger partial charge in [-0.3, -0.25) is 4.99 Å². The molecule has 10 heteroatoms. The number of nitrogens with zero attached hydrogens (tertiary/aromatic N) is 2. The van der Waals surface area contributed by atoms with Crippen molar-refractivity contribution in [2.45, 2.75) is 19.1 Å². The summed E-state index contributed by atoms with van der Waals surface area (Å²) >= 11 is 0. The lowest BCUT2D eigenvalue weighted by molar-refractivity contribution is -0.154. The van der Waals surface area contributed by atoms with E-state index in [0.29, 0.717) is 24.5 Å². The fourth-order valence-electron chi connectivity index (χ4n) is 2.21. The first kappa shape index (κ1) is 23.9. The minimum absolute atomic E-state index is 0. The summed E-state index contributed by atoms with van der Waals surface area (Å²) in [6, 6.07) is 9.43. The summed E-state index contributed by atoms with van der Waals surface area (Å²) < 4.78 is 54.6. The highest BCUT2D eigenvalue weighted by atomic mass is 127. The third-order valence-corrected chi connectivity index (χ3v) is 3.51. The minimum atomic E-state index is -4.43. The molecule has 0 aliphatic heterocycles. The molecule has 2 rings (SSSR count). The van der Waals surface area contributed by atoms with Crippen LogP contribution in [0.25, 0.3) is 0 Å². The molecular formula is C18H21F4IN4O. The highest BCUT2D eigenvalue weighted by Gasteiger charge is 2.29. The van der Waals surface area contributed by atoms with Gasteiger partial charge in [-0.25, -0.2) is 9.37 Å². The molecular weight excluding hydrogens is 491 g/mol. The van der Waals surface area contributed by atoms with Gasteiger partial charge in [-0.1, -0.05) is 18.2 Å². The van der Waals surface area contributed by atoms with Gasteiger partial charge in [-0.05, 0) is 30.2 Å². The van der Waals surface area contributed by atoms with Crippen molar-refractivity contribution < 1.29 is 22.3 Å². The van der Waals surface area contributed by atoms with E-state index in [-0.39, 0.29) is 42.2 Å². The number of nitrogens with one attached hydrogen (secondary N) is 2. The third kappa shape index (κ3) is 8.72. The Hall–Kier alpha value is -2.11. The fourth-order valence-corrected chi connectivity index (χ4v) is 2.21. The van der Waals surface area contributed by atoms with Crippen LogP contribution in [0.1, 0.15) is 11.1 Å². The van der Waals surface area contributed by atoms with Crippen molar-refractivity contribution in [2.75, 3.05) is 20.2 Å². The van der Waals surface area contributed by atoms with Crippen molar-refractivity contribution >= 4 is 29.9 Å². The Balaban J connectivity index is 0.00000392. The van der Waals surface area contributed by atoms with Gasteiger partial charge >= 0.3 is 6.18 Å². The van der Waals surface area contributed by atoms with Gasteiger partial charge in [0.05, 0.1) is 0 Å². The number of guanidine groups is 1. The second-order valence-corrected chi connectivity index (χ2v) is 5.60. The van der Waals surface area contributed by atoms with Crippen LogP contribution in [-0.2, 0) is 13.0 Å². The van der Waals surface area contributed by atoms with E-state index < -0.39 is 12.8 Å². The molecule has 0 spiro atoms. The second kappa shape index (κ2) is 11.7. The maximum absolute atomic E-state index is 12.9. The Bertz CT molecular complexity index is 754. The van der Waals surface area contributed by atoms with Crippen LogP contribution in [0, 0.1) is 5.82 Å². The Morgan fingerprint density at radius 2 is 1.86 bits per heavy atom. The number of hydrogen-bond acceptors (Lipinski definition) is 3. The molecule has 0 bridgehead atoms. The molecule has 1 heterocycles. The monoisotopic (exact) mass is 512 g/mol. The smallest absolute Gasteiger partial charge is 0.422 e. The van der Waals surface area contributed by atoms with Gasteiger partial charge in [-0.15, -0.1) is 24.0 Å². The van der Waals surface area contributed by atoms with Gasteiger partial charge in [-0.2, -0.15) is 13.2 Å². The van der Waals surface area contributed by atoms with Gasteiger partial charge in [0, 0.05) is 31.9 Å². The average molecular weight is 512 g/mol. The average Bonchev–Trinajstić information content (AvgIpc) is 2.64. The quantitative estimate of drug-likeness (QED) is 0.257. The Kier molecular flexibility index (Phi) is 9.97. The lowest BCUT2D eigenvalue weighted by atomic mass is 10.1. The number of rotatable bonds is 7. The number of alkyl halides is 3. The molecule has 0 saturated heterocycles. The van der Waals surface area contributed by atoms with Gasteiger partial charge < -0.3 is 15.4 Å². The molecule has 1 aromatic carbocycles. The summed E-state index contributed by atoms with van der Waals surface area (Å²) in [6.45, 7) is -0.658. The normalized spacial score (nSPS) is 11.5. The molecule has 0 aliphatic rings. The summed E-state index contributed by atoms with van der Waals surface area (Å²) in [5.74, 6) is 0.107. The van der Waals surface area contributed by atoms with Crippen LogP contribution in [0.3, 0.4) is 0 Å². The van der Waals surface area contributed by atoms with Crippen LogP contribution < -0.4 is 15.4 Å². The summed E-state index contributed by atoms with van der Waals surface area (Å²) in [7, 11) is 1.58. The van der Waals surface area contributed by atoms with Crippen LogP contribution in [0.5, 0.6) is 5.88 Å². The lowest BCUT2D eigenvalue weighted by Crippen LogP contribution is -2.38. The molecule has 5 nitrogen and oxygen atoms in total. The van der Waals surface area contributed by atoms with E-state index >= 15 is 0 Å². The van der Waals surface area contributed by atoms with Crippen LogP contribution in [0.15, 0.2) is 47.6 Å². The zero-order chi connectivity index (χ0) is 19.7. The number of ether oxygens (including phenoxy) is 1. The van der Waals surface area contributed by atoms with Gasteiger partial charge in [0.25, 0.3) is 0 Å². The maximum atomic E-state index is 12.9. The molecule has 0 saturated carbocycles. The van der Waals surface area contributed by atoms with Gasteiger partial charge in [0.15, 0.2) is 12.6 Å². The fraction of sp³-hybridized carbons (Fsp3) is 0.333. The summed E-state index contributed by atoms with van der Waals surface area (Å²) in [5.41, 5.74) is 1.44. The van der Waals surface area contributed by atoms with Crippen molar-refractivity contribution in [1.82, 2.24) is 15.6 Å². The SMILES string of the molecule is CN=C(NCCc1ccc(F)cc1)NCc1cccnc1OCC(F)(F)F.I. The summed E-state index contributed by atoms with van der Waals surface area (Å²) in [6.07, 6.45) is -2.40. The first-order chi connectivity index (χ1) is 12.9. The predicted molar refractivity (Wildman–Crippen MR) is 110 cm³/mol. The molecule has 28 heavy (non-hydrogen) atoms. The van der Waals surface area contributed by atoms with Crippen molar-refractivity contribution in [3.8, 4) is 5.88 Å². The largest absolute Gasteiger partial charge is 0.468 e.